The predicted octanol–water partition coefficient (Wildman–Crippen LogP) is 5.51. The highest BCUT2D eigenvalue weighted by atomic mass is 32.1. The summed E-state index contributed by atoms with van der Waals surface area (Å²) in [5.74, 6) is 3.42. The van der Waals surface area contributed by atoms with Gasteiger partial charge in [-0.25, -0.2) is 9.97 Å². The second kappa shape index (κ2) is 10.6. The van der Waals surface area contributed by atoms with Crippen molar-refractivity contribution < 1.29 is 4.74 Å². The van der Waals surface area contributed by atoms with Crippen LogP contribution in [0, 0.1) is 5.92 Å². The summed E-state index contributed by atoms with van der Waals surface area (Å²) >= 11 is 1.72. The van der Waals surface area contributed by atoms with Gasteiger partial charge in [0.25, 0.3) is 0 Å². The van der Waals surface area contributed by atoms with Crippen LogP contribution in [0.1, 0.15) is 36.9 Å². The summed E-state index contributed by atoms with van der Waals surface area (Å²) < 4.78 is 5.63. The maximum Gasteiger partial charge on any atom is 0.225 e. The van der Waals surface area contributed by atoms with Crippen LogP contribution in [0.2, 0.25) is 0 Å². The number of rotatable bonds is 8. The SMILES string of the molecule is CN(C)c1nc(NC2CCC(CNCc3csc(-c4ccc5c(c4)CCO5)n3)CC2)nc2ccccc12. The number of benzene rings is 2. The third-order valence-electron chi connectivity index (χ3n) is 7.41. The Labute approximate surface area is 222 Å². The summed E-state index contributed by atoms with van der Waals surface area (Å²) in [6.45, 7) is 2.65. The largest absolute Gasteiger partial charge is 0.493 e. The first-order chi connectivity index (χ1) is 18.1. The van der Waals surface area contributed by atoms with Crippen LogP contribution < -0.4 is 20.3 Å². The van der Waals surface area contributed by atoms with Gasteiger partial charge in [-0.1, -0.05) is 12.1 Å². The highest BCUT2D eigenvalue weighted by Gasteiger charge is 2.22. The summed E-state index contributed by atoms with van der Waals surface area (Å²) in [5.41, 5.74) is 4.59. The number of nitrogens with zero attached hydrogens (tertiary/aromatic N) is 4. The Morgan fingerprint density at radius 1 is 1.03 bits per heavy atom. The van der Waals surface area contributed by atoms with Crippen LogP contribution in [-0.4, -0.2) is 48.2 Å². The molecule has 6 rings (SSSR count). The Morgan fingerprint density at radius 3 is 2.76 bits per heavy atom. The number of aromatic nitrogens is 3. The predicted molar refractivity (Wildman–Crippen MR) is 152 cm³/mol. The molecular formula is C29H34N6OS. The van der Waals surface area contributed by atoms with E-state index in [1.54, 1.807) is 11.3 Å². The van der Waals surface area contributed by atoms with Gasteiger partial charge in [0.05, 0.1) is 17.8 Å². The van der Waals surface area contributed by atoms with Gasteiger partial charge < -0.3 is 20.3 Å². The van der Waals surface area contributed by atoms with E-state index in [9.17, 15) is 0 Å². The van der Waals surface area contributed by atoms with Gasteiger partial charge in [-0.15, -0.1) is 11.3 Å². The Balaban J connectivity index is 0.983. The Morgan fingerprint density at radius 2 is 1.89 bits per heavy atom. The van der Waals surface area contributed by atoms with Gasteiger partial charge in [0.2, 0.25) is 5.95 Å². The van der Waals surface area contributed by atoms with Crippen LogP contribution in [0.5, 0.6) is 5.75 Å². The molecule has 0 unspecified atom stereocenters. The number of thiazole rings is 1. The van der Waals surface area contributed by atoms with Gasteiger partial charge >= 0.3 is 0 Å². The average Bonchev–Trinajstić information content (AvgIpc) is 3.58. The van der Waals surface area contributed by atoms with Crippen molar-refractivity contribution in [1.82, 2.24) is 20.3 Å². The molecule has 2 N–H and O–H groups in total. The summed E-state index contributed by atoms with van der Waals surface area (Å²) in [7, 11) is 4.07. The van der Waals surface area contributed by atoms with Gasteiger partial charge in [0.15, 0.2) is 0 Å². The molecule has 0 atom stereocenters. The average molecular weight is 515 g/mol. The summed E-state index contributed by atoms with van der Waals surface area (Å²) in [6.07, 6.45) is 5.69. The maximum atomic E-state index is 5.63. The normalized spacial score (nSPS) is 19.0. The molecule has 2 aliphatic rings. The van der Waals surface area contributed by atoms with E-state index in [2.05, 4.69) is 51.2 Å². The monoisotopic (exact) mass is 514 g/mol. The molecular weight excluding hydrogens is 480 g/mol. The number of anilines is 2. The van der Waals surface area contributed by atoms with Crippen LogP contribution >= 0.6 is 11.3 Å². The number of hydrogen-bond acceptors (Lipinski definition) is 8. The lowest BCUT2D eigenvalue weighted by Gasteiger charge is -2.29. The zero-order valence-corrected chi connectivity index (χ0v) is 22.4. The van der Waals surface area contributed by atoms with E-state index in [0.29, 0.717) is 12.0 Å². The Hall–Kier alpha value is -3.23. The highest BCUT2D eigenvalue weighted by molar-refractivity contribution is 7.13. The first-order valence-corrected chi connectivity index (χ1v) is 14.1. The van der Waals surface area contributed by atoms with E-state index in [4.69, 9.17) is 19.7 Å². The van der Waals surface area contributed by atoms with Gasteiger partial charge in [0.1, 0.15) is 16.6 Å². The molecule has 3 heterocycles. The molecule has 7 nitrogen and oxygen atoms in total. The van der Waals surface area contributed by atoms with Crippen molar-refractivity contribution >= 4 is 34.0 Å². The lowest BCUT2D eigenvalue weighted by molar-refractivity contribution is 0.323. The molecule has 8 heteroatoms. The van der Waals surface area contributed by atoms with E-state index in [1.807, 2.05) is 26.2 Å². The second-order valence-electron chi connectivity index (χ2n) is 10.3. The molecule has 0 saturated heterocycles. The van der Waals surface area contributed by atoms with Crippen molar-refractivity contribution in [1.29, 1.82) is 0 Å². The van der Waals surface area contributed by atoms with Crippen LogP contribution in [0.4, 0.5) is 11.8 Å². The van der Waals surface area contributed by atoms with Gasteiger partial charge in [-0.05, 0) is 74.0 Å². The maximum absolute atomic E-state index is 5.63. The van der Waals surface area contributed by atoms with Crippen molar-refractivity contribution in [3.8, 4) is 16.3 Å². The molecule has 192 valence electrons. The first kappa shape index (κ1) is 24.1. The van der Waals surface area contributed by atoms with E-state index in [0.717, 1.165) is 78.1 Å². The molecule has 1 aliphatic carbocycles. The molecule has 1 saturated carbocycles. The third kappa shape index (κ3) is 5.40. The molecule has 0 spiro atoms. The molecule has 2 aromatic carbocycles. The summed E-state index contributed by atoms with van der Waals surface area (Å²) in [5, 5.41) is 11.6. The Bertz CT molecular complexity index is 1380. The third-order valence-corrected chi connectivity index (χ3v) is 8.35. The molecule has 0 bridgehead atoms. The molecule has 0 radical (unpaired) electrons. The van der Waals surface area contributed by atoms with E-state index in [-0.39, 0.29) is 0 Å². The number of ether oxygens (including phenoxy) is 1. The van der Waals surface area contributed by atoms with Crippen LogP contribution in [-0.2, 0) is 13.0 Å². The molecule has 37 heavy (non-hydrogen) atoms. The highest BCUT2D eigenvalue weighted by Crippen LogP contribution is 2.32. The van der Waals surface area contributed by atoms with Crippen molar-refractivity contribution in [2.24, 2.45) is 5.92 Å². The number of nitrogens with one attached hydrogen (secondary N) is 2. The van der Waals surface area contributed by atoms with Crippen molar-refractivity contribution in [2.45, 2.75) is 44.7 Å². The van der Waals surface area contributed by atoms with E-state index >= 15 is 0 Å². The van der Waals surface area contributed by atoms with Crippen LogP contribution in [0.25, 0.3) is 21.5 Å². The first-order valence-electron chi connectivity index (χ1n) is 13.2. The number of fused-ring (bicyclic) bond motifs is 2. The smallest absolute Gasteiger partial charge is 0.225 e. The molecule has 2 aromatic heterocycles. The van der Waals surface area contributed by atoms with Crippen molar-refractivity contribution in [3.05, 3.63) is 59.1 Å². The molecule has 0 amide bonds. The Kier molecular flexibility index (Phi) is 6.93. The minimum Gasteiger partial charge on any atom is -0.493 e. The fourth-order valence-electron chi connectivity index (χ4n) is 5.40. The standard InChI is InChI=1S/C29H34N6OS/c1-35(2)27-24-5-3-4-6-25(24)33-29(34-27)32-22-10-7-19(8-11-22)16-30-17-23-18-37-28(31-23)21-9-12-26-20(15-21)13-14-36-26/h3-6,9,12,15,18-19,22,30H,7-8,10-11,13-14,16-17H2,1-2H3,(H,32,33,34). The molecule has 4 aromatic rings. The number of hydrogen-bond donors (Lipinski definition) is 2. The van der Waals surface area contributed by atoms with Gasteiger partial charge in [0, 0.05) is 49.4 Å². The topological polar surface area (TPSA) is 75.2 Å². The van der Waals surface area contributed by atoms with Crippen LogP contribution in [0.3, 0.4) is 0 Å². The fourth-order valence-corrected chi connectivity index (χ4v) is 6.22. The fraction of sp³-hybridized carbons (Fsp3) is 0.414. The molecule has 1 fully saturated rings. The van der Waals surface area contributed by atoms with E-state index in [1.165, 1.54) is 24.0 Å². The summed E-state index contributed by atoms with van der Waals surface area (Å²) in [6, 6.07) is 15.1. The second-order valence-corrected chi connectivity index (χ2v) is 11.2. The van der Waals surface area contributed by atoms with Crippen molar-refractivity contribution in [2.75, 3.05) is 37.5 Å². The summed E-state index contributed by atoms with van der Waals surface area (Å²) in [4.78, 5) is 16.5. The van der Waals surface area contributed by atoms with Crippen molar-refractivity contribution in [3.63, 3.8) is 0 Å². The van der Waals surface area contributed by atoms with Gasteiger partial charge in [-0.2, -0.15) is 4.98 Å². The molecule has 1 aliphatic heterocycles. The number of para-hydroxylation sites is 1. The van der Waals surface area contributed by atoms with Crippen LogP contribution in [0.15, 0.2) is 47.8 Å². The zero-order valence-electron chi connectivity index (χ0n) is 21.5. The lowest BCUT2D eigenvalue weighted by Crippen LogP contribution is -2.31. The lowest BCUT2D eigenvalue weighted by atomic mass is 9.86. The minimum atomic E-state index is 0.422. The quantitative estimate of drug-likeness (QED) is 0.321. The minimum absolute atomic E-state index is 0.422. The van der Waals surface area contributed by atoms with E-state index < -0.39 is 0 Å². The van der Waals surface area contributed by atoms with Gasteiger partial charge in [-0.3, -0.25) is 0 Å². The zero-order chi connectivity index (χ0) is 25.2.